The molecule has 0 aromatic carbocycles. The molecule has 1 aliphatic carbocycles. The van der Waals surface area contributed by atoms with Gasteiger partial charge >= 0.3 is 29.8 Å². The highest BCUT2D eigenvalue weighted by molar-refractivity contribution is 6.24. The van der Waals surface area contributed by atoms with Gasteiger partial charge in [-0.15, -0.1) is 0 Å². The van der Waals surface area contributed by atoms with Crippen molar-refractivity contribution in [3.63, 3.8) is 0 Å². The second kappa shape index (κ2) is 9.13. The van der Waals surface area contributed by atoms with Crippen molar-refractivity contribution in [2.45, 2.75) is 0 Å². The Morgan fingerprint density at radius 1 is 0.643 bits per heavy atom. The average Bonchev–Trinajstić information content (AvgIpc) is 3.02. The summed E-state index contributed by atoms with van der Waals surface area (Å²) in [5.41, 5.74) is -5.08. The van der Waals surface area contributed by atoms with Crippen molar-refractivity contribution in [3.8, 4) is 0 Å². The highest BCUT2D eigenvalue weighted by atomic mass is 16.6. The molecular formula is C17H20O11. The Kier molecular flexibility index (Phi) is 7.44. The number of esters is 5. The van der Waals surface area contributed by atoms with Crippen LogP contribution in [0.4, 0.5) is 0 Å². The fourth-order valence-electron chi connectivity index (χ4n) is 2.96. The van der Waals surface area contributed by atoms with Crippen LogP contribution in [0.15, 0.2) is 22.3 Å². The first-order chi connectivity index (χ1) is 13.2. The Labute approximate surface area is 160 Å². The van der Waals surface area contributed by atoms with Crippen LogP contribution in [0.5, 0.6) is 0 Å². The number of carbonyl (C=O) groups is 5. The molecule has 0 unspecified atom stereocenters. The lowest BCUT2D eigenvalue weighted by Crippen LogP contribution is -2.47. The van der Waals surface area contributed by atoms with Crippen molar-refractivity contribution in [3.05, 3.63) is 22.3 Å². The maximum absolute atomic E-state index is 12.8. The Morgan fingerprint density at radius 2 is 1.07 bits per heavy atom. The summed E-state index contributed by atoms with van der Waals surface area (Å²) in [6, 6.07) is 0. The molecule has 11 heteroatoms. The Balaban J connectivity index is 4.27. The van der Waals surface area contributed by atoms with E-state index in [1.54, 1.807) is 0 Å². The molecule has 0 bridgehead atoms. The van der Waals surface area contributed by atoms with Gasteiger partial charge in [-0.1, -0.05) is 0 Å². The molecule has 0 amide bonds. The summed E-state index contributed by atoms with van der Waals surface area (Å²) in [5, 5.41) is 0. The lowest BCUT2D eigenvalue weighted by atomic mass is 9.75. The quantitative estimate of drug-likeness (QED) is 0.298. The van der Waals surface area contributed by atoms with E-state index in [2.05, 4.69) is 14.2 Å². The van der Waals surface area contributed by atoms with E-state index >= 15 is 0 Å². The molecule has 0 atom stereocenters. The summed E-state index contributed by atoms with van der Waals surface area (Å²) in [6.45, 7) is -0.532. The first-order valence-electron chi connectivity index (χ1n) is 7.63. The summed E-state index contributed by atoms with van der Waals surface area (Å²) in [6.07, 6.45) is 0. The van der Waals surface area contributed by atoms with Gasteiger partial charge in [-0.3, -0.25) is 9.59 Å². The summed E-state index contributed by atoms with van der Waals surface area (Å²) in [5.74, 6) is -6.17. The lowest BCUT2D eigenvalue weighted by Gasteiger charge is -2.28. The third-order valence-electron chi connectivity index (χ3n) is 4.07. The topological polar surface area (TPSA) is 141 Å². The van der Waals surface area contributed by atoms with E-state index in [4.69, 9.17) is 14.2 Å². The average molecular weight is 400 g/mol. The fourth-order valence-corrected chi connectivity index (χ4v) is 2.96. The van der Waals surface area contributed by atoms with Crippen molar-refractivity contribution in [2.24, 2.45) is 5.41 Å². The third kappa shape index (κ3) is 3.24. The Hall–Kier alpha value is -3.21. The molecule has 11 nitrogen and oxygen atoms in total. The van der Waals surface area contributed by atoms with Gasteiger partial charge in [-0.05, 0) is 0 Å². The van der Waals surface area contributed by atoms with E-state index in [0.717, 1.165) is 35.5 Å². The number of carbonyl (C=O) groups excluding carboxylic acids is 5. The third-order valence-corrected chi connectivity index (χ3v) is 4.07. The lowest BCUT2D eigenvalue weighted by molar-refractivity contribution is -0.165. The van der Waals surface area contributed by atoms with Crippen LogP contribution in [-0.2, 0) is 52.4 Å². The number of rotatable bonds is 7. The van der Waals surface area contributed by atoms with Crippen LogP contribution in [0.25, 0.3) is 0 Å². The predicted molar refractivity (Wildman–Crippen MR) is 88.4 cm³/mol. The van der Waals surface area contributed by atoms with Gasteiger partial charge in [-0.2, -0.15) is 0 Å². The highest BCUT2D eigenvalue weighted by Crippen LogP contribution is 2.50. The van der Waals surface area contributed by atoms with Gasteiger partial charge in [0.2, 0.25) is 5.41 Å². The molecule has 0 radical (unpaired) electrons. The second-order valence-corrected chi connectivity index (χ2v) is 5.24. The Bertz CT molecular complexity index is 756. The first kappa shape index (κ1) is 22.8. The summed E-state index contributed by atoms with van der Waals surface area (Å²) < 4.78 is 28.4. The van der Waals surface area contributed by atoms with Crippen molar-refractivity contribution < 1.29 is 52.4 Å². The van der Waals surface area contributed by atoms with Crippen LogP contribution < -0.4 is 0 Å². The van der Waals surface area contributed by atoms with Crippen LogP contribution in [0.1, 0.15) is 0 Å². The molecule has 0 aromatic rings. The van der Waals surface area contributed by atoms with Crippen LogP contribution in [0.3, 0.4) is 0 Å². The van der Waals surface area contributed by atoms with E-state index in [-0.39, 0.29) is 5.57 Å². The zero-order chi connectivity index (χ0) is 21.6. The van der Waals surface area contributed by atoms with E-state index in [0.29, 0.717) is 0 Å². The molecule has 1 rings (SSSR count). The van der Waals surface area contributed by atoms with Crippen LogP contribution in [-0.4, -0.2) is 79.1 Å². The molecule has 0 saturated heterocycles. The van der Waals surface area contributed by atoms with Gasteiger partial charge in [0.15, 0.2) is 0 Å². The van der Waals surface area contributed by atoms with E-state index < -0.39 is 58.6 Å². The minimum Gasteiger partial charge on any atom is -0.468 e. The van der Waals surface area contributed by atoms with Gasteiger partial charge in [-0.25, -0.2) is 14.4 Å². The van der Waals surface area contributed by atoms with Gasteiger partial charge in [0, 0.05) is 12.7 Å². The predicted octanol–water partition coefficient (Wildman–Crippen LogP) is -0.909. The van der Waals surface area contributed by atoms with Crippen molar-refractivity contribution in [2.75, 3.05) is 49.3 Å². The fraction of sp³-hybridized carbons (Fsp3) is 0.471. The molecule has 0 fully saturated rings. The van der Waals surface area contributed by atoms with E-state index in [1.807, 2.05) is 0 Å². The van der Waals surface area contributed by atoms with Crippen LogP contribution in [0.2, 0.25) is 0 Å². The summed E-state index contributed by atoms with van der Waals surface area (Å²) in [4.78, 5) is 63.1. The number of methoxy groups -OCH3 is 6. The largest absolute Gasteiger partial charge is 0.468 e. The van der Waals surface area contributed by atoms with Gasteiger partial charge in [0.05, 0.1) is 58.9 Å². The smallest absolute Gasteiger partial charge is 0.339 e. The minimum absolute atomic E-state index is 0.388. The molecule has 0 aliphatic heterocycles. The molecule has 0 spiro atoms. The number of hydrogen-bond acceptors (Lipinski definition) is 11. The minimum atomic E-state index is -2.64. The van der Waals surface area contributed by atoms with Gasteiger partial charge in [0.25, 0.3) is 0 Å². The molecule has 154 valence electrons. The van der Waals surface area contributed by atoms with Gasteiger partial charge in [0.1, 0.15) is 0 Å². The van der Waals surface area contributed by atoms with Crippen molar-refractivity contribution in [1.29, 1.82) is 0 Å². The first-order valence-corrected chi connectivity index (χ1v) is 7.63. The van der Waals surface area contributed by atoms with Crippen LogP contribution >= 0.6 is 0 Å². The number of hydrogen-bond donors (Lipinski definition) is 0. The van der Waals surface area contributed by atoms with E-state index in [9.17, 15) is 24.0 Å². The zero-order valence-corrected chi connectivity index (χ0v) is 16.2. The molecular weight excluding hydrogens is 380 g/mol. The number of ether oxygens (including phenoxy) is 6. The molecule has 1 aliphatic rings. The monoisotopic (exact) mass is 400 g/mol. The highest BCUT2D eigenvalue weighted by Gasteiger charge is 2.65. The molecule has 0 N–H and O–H groups in total. The standard InChI is InChI=1S/C17H20O11/c1-23-7-8-9(12(18)24-2)10(13(19)25-3)11(14(20)26-4)17(8,15(21)27-5)16(22)28-6/h7H2,1-6H3. The van der Waals surface area contributed by atoms with Gasteiger partial charge < -0.3 is 28.4 Å². The molecule has 0 heterocycles. The summed E-state index contributed by atoms with van der Waals surface area (Å²) in [7, 11) is 6.03. The SMILES string of the molecule is COCC1=C(C(=O)OC)C(C(=O)OC)=C(C(=O)OC)C1(C(=O)OC)C(=O)OC. The van der Waals surface area contributed by atoms with Crippen LogP contribution in [0, 0.1) is 5.41 Å². The second-order valence-electron chi connectivity index (χ2n) is 5.24. The zero-order valence-electron chi connectivity index (χ0n) is 16.2. The van der Waals surface area contributed by atoms with Crippen molar-refractivity contribution >= 4 is 29.8 Å². The molecule has 0 aromatic heterocycles. The maximum Gasteiger partial charge on any atom is 0.339 e. The maximum atomic E-state index is 12.8. The normalized spacial score (nSPS) is 15.1. The van der Waals surface area contributed by atoms with Crippen molar-refractivity contribution in [1.82, 2.24) is 0 Å². The van der Waals surface area contributed by atoms with E-state index in [1.165, 1.54) is 7.11 Å². The molecule has 0 saturated carbocycles. The summed E-state index contributed by atoms with van der Waals surface area (Å²) >= 11 is 0. The molecule has 28 heavy (non-hydrogen) atoms. The Morgan fingerprint density at radius 3 is 1.43 bits per heavy atom.